The maximum atomic E-state index is 12.4. The number of nitriles is 1. The molecule has 1 N–H and O–H groups in total. The predicted molar refractivity (Wildman–Crippen MR) is 73.4 cm³/mol. The molecule has 0 saturated carbocycles. The van der Waals surface area contributed by atoms with Gasteiger partial charge in [0.25, 0.3) is 0 Å². The first-order valence-electron chi connectivity index (χ1n) is 6.69. The molecule has 1 heterocycles. The van der Waals surface area contributed by atoms with Crippen LogP contribution < -0.4 is 5.32 Å². The third-order valence-corrected chi connectivity index (χ3v) is 3.52. The molecule has 0 aliphatic carbocycles. The smallest absolute Gasteiger partial charge is 0.228 e. The Morgan fingerprint density at radius 2 is 2.25 bits per heavy atom. The molecular formula is C15H17N3O2. The molecule has 5 nitrogen and oxygen atoms in total. The van der Waals surface area contributed by atoms with Crippen molar-refractivity contribution in [3.05, 3.63) is 35.4 Å². The predicted octanol–water partition coefficient (Wildman–Crippen LogP) is 1.04. The molecule has 1 atom stereocenters. The number of hydrogen-bond donors (Lipinski definition) is 1. The highest BCUT2D eigenvalue weighted by molar-refractivity contribution is 5.89. The average Bonchev–Trinajstić information content (AvgIpc) is 2.91. The minimum absolute atomic E-state index is 0.0291. The highest BCUT2D eigenvalue weighted by Gasteiger charge is 2.30. The van der Waals surface area contributed by atoms with Gasteiger partial charge in [-0.25, -0.2) is 0 Å². The summed E-state index contributed by atoms with van der Waals surface area (Å²) in [4.78, 5) is 25.3. The number of rotatable bonds is 4. The van der Waals surface area contributed by atoms with E-state index >= 15 is 0 Å². The van der Waals surface area contributed by atoms with E-state index in [-0.39, 0.29) is 24.2 Å². The number of benzene rings is 1. The first-order valence-corrected chi connectivity index (χ1v) is 6.69. The highest BCUT2D eigenvalue weighted by atomic mass is 16.2. The van der Waals surface area contributed by atoms with Gasteiger partial charge in [0.15, 0.2) is 0 Å². The Morgan fingerprint density at radius 1 is 1.50 bits per heavy atom. The van der Waals surface area contributed by atoms with Crippen molar-refractivity contribution in [1.29, 1.82) is 5.26 Å². The number of carbonyl (C=O) groups is 2. The molecule has 2 amide bonds. The van der Waals surface area contributed by atoms with Gasteiger partial charge in [-0.1, -0.05) is 18.2 Å². The van der Waals surface area contributed by atoms with Crippen molar-refractivity contribution in [2.45, 2.75) is 19.9 Å². The fourth-order valence-corrected chi connectivity index (χ4v) is 2.36. The molecule has 5 heteroatoms. The van der Waals surface area contributed by atoms with Crippen LogP contribution in [0.1, 0.15) is 24.5 Å². The van der Waals surface area contributed by atoms with Crippen LogP contribution in [-0.4, -0.2) is 29.8 Å². The first-order chi connectivity index (χ1) is 9.65. The quantitative estimate of drug-likeness (QED) is 0.889. The van der Waals surface area contributed by atoms with Crippen molar-refractivity contribution in [1.82, 2.24) is 10.2 Å². The zero-order chi connectivity index (χ0) is 14.5. The second kappa shape index (κ2) is 6.20. The van der Waals surface area contributed by atoms with Crippen molar-refractivity contribution in [3.63, 3.8) is 0 Å². The van der Waals surface area contributed by atoms with Crippen LogP contribution in [-0.2, 0) is 16.1 Å². The van der Waals surface area contributed by atoms with E-state index < -0.39 is 0 Å². The average molecular weight is 271 g/mol. The van der Waals surface area contributed by atoms with E-state index in [0.717, 1.165) is 5.56 Å². The minimum atomic E-state index is -0.281. The maximum Gasteiger partial charge on any atom is 0.228 e. The lowest BCUT2D eigenvalue weighted by Crippen LogP contribution is -2.36. The standard InChI is InChI=1S/C15H17N3O2/c1-2-18(15(20)13-7-14(19)17-9-13)10-12-6-4-3-5-11(12)8-16/h3-6,13H,2,7,9-10H2,1H3,(H,17,19). The molecule has 20 heavy (non-hydrogen) atoms. The van der Waals surface area contributed by atoms with Crippen LogP contribution >= 0.6 is 0 Å². The fraction of sp³-hybridized carbons (Fsp3) is 0.400. The number of hydrogen-bond acceptors (Lipinski definition) is 3. The Balaban J connectivity index is 2.11. The molecule has 1 aromatic rings. The normalized spacial score (nSPS) is 17.4. The molecule has 0 radical (unpaired) electrons. The second-order valence-electron chi connectivity index (χ2n) is 4.83. The van der Waals surface area contributed by atoms with Gasteiger partial charge < -0.3 is 10.2 Å². The third-order valence-electron chi connectivity index (χ3n) is 3.52. The molecule has 1 unspecified atom stereocenters. The summed E-state index contributed by atoms with van der Waals surface area (Å²) in [6.07, 6.45) is 0.259. The van der Waals surface area contributed by atoms with Gasteiger partial charge in [-0.2, -0.15) is 5.26 Å². The van der Waals surface area contributed by atoms with E-state index in [2.05, 4.69) is 11.4 Å². The lowest BCUT2D eigenvalue weighted by atomic mass is 10.0. The number of nitrogens with zero attached hydrogens (tertiary/aromatic N) is 2. The summed E-state index contributed by atoms with van der Waals surface area (Å²) >= 11 is 0. The van der Waals surface area contributed by atoms with E-state index in [1.165, 1.54) is 0 Å². The summed E-state index contributed by atoms with van der Waals surface area (Å²) in [6.45, 7) is 3.28. The highest BCUT2D eigenvalue weighted by Crippen LogP contribution is 2.16. The lowest BCUT2D eigenvalue weighted by molar-refractivity contribution is -0.136. The number of amides is 2. The molecule has 1 aliphatic heterocycles. The summed E-state index contributed by atoms with van der Waals surface area (Å²) in [5.74, 6) is -0.382. The zero-order valence-electron chi connectivity index (χ0n) is 11.4. The largest absolute Gasteiger partial charge is 0.355 e. The van der Waals surface area contributed by atoms with Crippen molar-refractivity contribution < 1.29 is 9.59 Å². The fourth-order valence-electron chi connectivity index (χ4n) is 2.36. The first kappa shape index (κ1) is 14.1. The van der Waals surface area contributed by atoms with E-state index in [4.69, 9.17) is 5.26 Å². The Bertz CT molecular complexity index is 562. The topological polar surface area (TPSA) is 73.2 Å². The minimum Gasteiger partial charge on any atom is -0.355 e. The van der Waals surface area contributed by atoms with Crippen LogP contribution in [0.3, 0.4) is 0 Å². The number of carbonyl (C=O) groups excluding carboxylic acids is 2. The van der Waals surface area contributed by atoms with Crippen LogP contribution in [0.15, 0.2) is 24.3 Å². The van der Waals surface area contributed by atoms with Crippen molar-refractivity contribution in [3.8, 4) is 6.07 Å². The van der Waals surface area contributed by atoms with E-state index in [1.54, 1.807) is 17.0 Å². The van der Waals surface area contributed by atoms with E-state index in [9.17, 15) is 9.59 Å². The van der Waals surface area contributed by atoms with Gasteiger partial charge in [0, 0.05) is 26.1 Å². The van der Waals surface area contributed by atoms with Gasteiger partial charge in [0.2, 0.25) is 11.8 Å². The van der Waals surface area contributed by atoms with Gasteiger partial charge in [0.05, 0.1) is 17.6 Å². The summed E-state index contributed by atoms with van der Waals surface area (Å²) in [6, 6.07) is 9.40. The molecule has 2 rings (SSSR count). The van der Waals surface area contributed by atoms with Gasteiger partial charge in [-0.05, 0) is 18.6 Å². The van der Waals surface area contributed by atoms with Crippen molar-refractivity contribution in [2.24, 2.45) is 5.92 Å². The molecular weight excluding hydrogens is 254 g/mol. The van der Waals surface area contributed by atoms with Gasteiger partial charge in [-0.3, -0.25) is 9.59 Å². The molecule has 104 valence electrons. The summed E-state index contributed by atoms with van der Waals surface area (Å²) in [5.41, 5.74) is 1.42. The number of nitrogens with one attached hydrogen (secondary N) is 1. The molecule has 1 fully saturated rings. The van der Waals surface area contributed by atoms with Crippen molar-refractivity contribution in [2.75, 3.05) is 13.1 Å². The van der Waals surface area contributed by atoms with Gasteiger partial charge in [0.1, 0.15) is 0 Å². The summed E-state index contributed by atoms with van der Waals surface area (Å²) in [5, 5.41) is 11.8. The van der Waals surface area contributed by atoms with E-state index in [1.807, 2.05) is 19.1 Å². The van der Waals surface area contributed by atoms with Crippen LogP contribution in [0, 0.1) is 17.2 Å². The Morgan fingerprint density at radius 3 is 2.85 bits per heavy atom. The van der Waals surface area contributed by atoms with E-state index in [0.29, 0.717) is 25.2 Å². The molecule has 0 bridgehead atoms. The van der Waals surface area contributed by atoms with Crippen LogP contribution in [0.5, 0.6) is 0 Å². The monoisotopic (exact) mass is 271 g/mol. The summed E-state index contributed by atoms with van der Waals surface area (Å²) < 4.78 is 0. The lowest BCUT2D eigenvalue weighted by Gasteiger charge is -2.24. The summed E-state index contributed by atoms with van der Waals surface area (Å²) in [7, 11) is 0. The van der Waals surface area contributed by atoms with Crippen molar-refractivity contribution >= 4 is 11.8 Å². The third kappa shape index (κ3) is 2.97. The van der Waals surface area contributed by atoms with Crippen LogP contribution in [0.2, 0.25) is 0 Å². The maximum absolute atomic E-state index is 12.4. The molecule has 1 aliphatic rings. The molecule has 0 aromatic heterocycles. The zero-order valence-corrected chi connectivity index (χ0v) is 11.4. The SMILES string of the molecule is CCN(Cc1ccccc1C#N)C(=O)C1CNC(=O)C1. The molecule has 0 spiro atoms. The van der Waals surface area contributed by atoms with Gasteiger partial charge in [-0.15, -0.1) is 0 Å². The van der Waals surface area contributed by atoms with Gasteiger partial charge >= 0.3 is 0 Å². The molecule has 1 saturated heterocycles. The van der Waals surface area contributed by atoms with Crippen LogP contribution in [0.4, 0.5) is 0 Å². The molecule has 1 aromatic carbocycles. The Kier molecular flexibility index (Phi) is 4.36. The second-order valence-corrected chi connectivity index (χ2v) is 4.83. The van der Waals surface area contributed by atoms with Crippen LogP contribution in [0.25, 0.3) is 0 Å². The Hall–Kier alpha value is -2.35. The Labute approximate surface area is 118 Å².